The van der Waals surface area contributed by atoms with Crippen molar-refractivity contribution in [2.45, 2.75) is 71.5 Å². The molecule has 1 aliphatic rings. The van der Waals surface area contributed by atoms with Gasteiger partial charge in [-0.25, -0.2) is 4.57 Å². The highest BCUT2D eigenvalue weighted by molar-refractivity contribution is 7.58. The second-order valence-corrected chi connectivity index (χ2v) is 7.61. The van der Waals surface area contributed by atoms with Crippen LogP contribution in [0, 0.1) is 23.9 Å². The molecule has 1 aliphatic heterocycles. The number of ether oxygens (including phenoxy) is 1. The van der Waals surface area contributed by atoms with Gasteiger partial charge in [-0.3, -0.25) is 4.52 Å². The second-order valence-electron chi connectivity index (χ2n) is 6.05. The Labute approximate surface area is 129 Å². The van der Waals surface area contributed by atoms with Gasteiger partial charge in [-0.05, 0) is 25.2 Å². The molecular weight excluding hydrogens is 287 g/mol. The molecule has 5 atom stereocenters. The lowest BCUT2D eigenvalue weighted by Crippen LogP contribution is -2.24. The lowest BCUT2D eigenvalue weighted by molar-refractivity contribution is 0.00855. The minimum atomic E-state index is -3.88. The van der Waals surface area contributed by atoms with Crippen LogP contribution in [0.2, 0.25) is 0 Å². The molecule has 0 radical (unpaired) electrons. The molecule has 4 nitrogen and oxygen atoms in total. The first-order chi connectivity index (χ1) is 9.91. The quantitative estimate of drug-likeness (QED) is 0.394. The van der Waals surface area contributed by atoms with Gasteiger partial charge in [0.05, 0.1) is 18.8 Å². The van der Waals surface area contributed by atoms with Gasteiger partial charge in [0.15, 0.2) is 0 Å². The van der Waals surface area contributed by atoms with Gasteiger partial charge in [-0.15, -0.1) is 6.42 Å². The van der Waals surface area contributed by atoms with Gasteiger partial charge in [0.1, 0.15) is 0 Å². The SMILES string of the molecule is C#CP(=O)(O)OC[C@H]1O[C@@H](C)C(C)C1CCCCCCC. The highest BCUT2D eigenvalue weighted by Crippen LogP contribution is 2.43. The summed E-state index contributed by atoms with van der Waals surface area (Å²) in [6.45, 7) is 6.54. The predicted molar refractivity (Wildman–Crippen MR) is 85.0 cm³/mol. The Morgan fingerprint density at radius 1 is 1.29 bits per heavy atom. The van der Waals surface area contributed by atoms with Gasteiger partial charge >= 0.3 is 7.60 Å². The van der Waals surface area contributed by atoms with Crippen LogP contribution in [0.4, 0.5) is 0 Å². The van der Waals surface area contributed by atoms with E-state index in [-0.39, 0.29) is 18.8 Å². The molecule has 0 aliphatic carbocycles. The van der Waals surface area contributed by atoms with Crippen LogP contribution in [0.25, 0.3) is 0 Å². The molecule has 0 aromatic rings. The molecule has 1 fully saturated rings. The van der Waals surface area contributed by atoms with E-state index in [0.29, 0.717) is 11.8 Å². The average Bonchev–Trinajstić information content (AvgIpc) is 2.72. The molecule has 1 N–H and O–H groups in total. The van der Waals surface area contributed by atoms with Crippen molar-refractivity contribution in [3.8, 4) is 12.1 Å². The smallest absolute Gasteiger partial charge is 0.372 e. The largest absolute Gasteiger partial charge is 0.402 e. The molecule has 1 heterocycles. The summed E-state index contributed by atoms with van der Waals surface area (Å²) >= 11 is 0. The predicted octanol–water partition coefficient (Wildman–Crippen LogP) is 4.18. The summed E-state index contributed by atoms with van der Waals surface area (Å²) in [6.07, 6.45) is 12.3. The van der Waals surface area contributed by atoms with E-state index in [0.717, 1.165) is 6.42 Å². The second kappa shape index (κ2) is 8.96. The highest BCUT2D eigenvalue weighted by Gasteiger charge is 2.39. The summed E-state index contributed by atoms with van der Waals surface area (Å²) in [5.74, 6) is 0.813. The first-order valence-electron chi connectivity index (χ1n) is 8.02. The first-order valence-corrected chi connectivity index (χ1v) is 9.59. The van der Waals surface area contributed by atoms with E-state index >= 15 is 0 Å². The molecule has 0 amide bonds. The van der Waals surface area contributed by atoms with Gasteiger partial charge in [-0.2, -0.15) is 0 Å². The van der Waals surface area contributed by atoms with Gasteiger partial charge in [0.25, 0.3) is 0 Å². The standard InChI is InChI=1S/C16H29O4P/c1-5-7-8-9-10-11-15-13(3)14(4)20-16(15)12-19-21(17,18)6-2/h2,13-16H,5,7-12H2,1,3-4H3,(H,17,18)/t13?,14-,15?,16+/m0/s1. The molecule has 1 saturated heterocycles. The molecular formula is C16H29O4P. The average molecular weight is 316 g/mol. The maximum Gasteiger partial charge on any atom is 0.402 e. The molecule has 3 unspecified atom stereocenters. The Hall–Kier alpha value is -0.330. The van der Waals surface area contributed by atoms with Crippen molar-refractivity contribution in [3.05, 3.63) is 0 Å². The van der Waals surface area contributed by atoms with Crippen molar-refractivity contribution in [1.29, 1.82) is 0 Å². The maximum absolute atomic E-state index is 11.4. The molecule has 5 heteroatoms. The molecule has 0 aromatic carbocycles. The van der Waals surface area contributed by atoms with Crippen LogP contribution in [0.1, 0.15) is 59.3 Å². The molecule has 0 aromatic heterocycles. The van der Waals surface area contributed by atoms with Crippen molar-refractivity contribution in [1.82, 2.24) is 0 Å². The van der Waals surface area contributed by atoms with Crippen LogP contribution in [0.5, 0.6) is 0 Å². The number of hydrogen-bond donors (Lipinski definition) is 1. The zero-order chi connectivity index (χ0) is 15.9. The Kier molecular flexibility index (Phi) is 7.98. The lowest BCUT2D eigenvalue weighted by Gasteiger charge is -2.21. The van der Waals surface area contributed by atoms with Gasteiger partial charge in [0.2, 0.25) is 0 Å². The fourth-order valence-corrected chi connectivity index (χ4v) is 3.42. The topological polar surface area (TPSA) is 55.8 Å². The number of rotatable bonds is 9. The molecule has 21 heavy (non-hydrogen) atoms. The molecule has 1 rings (SSSR count). The van der Waals surface area contributed by atoms with Gasteiger partial charge in [-0.1, -0.05) is 46.0 Å². The maximum atomic E-state index is 11.4. The van der Waals surface area contributed by atoms with Crippen molar-refractivity contribution in [2.75, 3.05) is 6.61 Å². The highest BCUT2D eigenvalue weighted by atomic mass is 31.2. The molecule has 122 valence electrons. The van der Waals surface area contributed by atoms with E-state index in [1.807, 2.05) is 0 Å². The normalized spacial score (nSPS) is 31.8. The third kappa shape index (κ3) is 6.12. The van der Waals surface area contributed by atoms with Gasteiger partial charge < -0.3 is 9.63 Å². The summed E-state index contributed by atoms with van der Waals surface area (Å²) in [5.41, 5.74) is 1.80. The van der Waals surface area contributed by atoms with Crippen molar-refractivity contribution >= 4 is 7.60 Å². The summed E-state index contributed by atoms with van der Waals surface area (Å²) in [7, 11) is -3.88. The molecule has 0 bridgehead atoms. The third-order valence-corrected chi connectivity index (χ3v) is 5.33. The first kappa shape index (κ1) is 18.7. The Balaban J connectivity index is 2.45. The fourth-order valence-electron chi connectivity index (χ4n) is 2.99. The van der Waals surface area contributed by atoms with E-state index in [4.69, 9.17) is 15.7 Å². The van der Waals surface area contributed by atoms with Crippen molar-refractivity contribution < 1.29 is 18.7 Å². The zero-order valence-electron chi connectivity index (χ0n) is 13.5. The number of unbranched alkanes of at least 4 members (excludes halogenated alkanes) is 4. The number of hydrogen-bond acceptors (Lipinski definition) is 3. The summed E-state index contributed by atoms with van der Waals surface area (Å²) in [4.78, 5) is 9.32. The summed E-state index contributed by atoms with van der Waals surface area (Å²) in [5, 5.41) is 0. The van der Waals surface area contributed by atoms with E-state index in [9.17, 15) is 9.46 Å². The van der Waals surface area contributed by atoms with Crippen LogP contribution in [-0.4, -0.2) is 23.7 Å². The van der Waals surface area contributed by atoms with E-state index in [2.05, 4.69) is 20.8 Å². The zero-order valence-corrected chi connectivity index (χ0v) is 14.4. The molecule has 0 spiro atoms. The van der Waals surface area contributed by atoms with Crippen LogP contribution in [-0.2, 0) is 13.8 Å². The summed E-state index contributed by atoms with van der Waals surface area (Å²) < 4.78 is 22.2. The van der Waals surface area contributed by atoms with Crippen molar-refractivity contribution in [2.24, 2.45) is 11.8 Å². The van der Waals surface area contributed by atoms with Crippen molar-refractivity contribution in [3.63, 3.8) is 0 Å². The Bertz CT molecular complexity index is 390. The Morgan fingerprint density at radius 3 is 2.57 bits per heavy atom. The summed E-state index contributed by atoms with van der Waals surface area (Å²) in [6, 6.07) is 0. The lowest BCUT2D eigenvalue weighted by atomic mass is 9.85. The van der Waals surface area contributed by atoms with E-state index in [1.54, 1.807) is 5.66 Å². The molecule has 0 saturated carbocycles. The van der Waals surface area contributed by atoms with E-state index in [1.165, 1.54) is 32.1 Å². The van der Waals surface area contributed by atoms with Gasteiger partial charge in [0, 0.05) is 5.66 Å². The number of terminal acetylenes is 1. The van der Waals surface area contributed by atoms with E-state index < -0.39 is 7.60 Å². The third-order valence-electron chi connectivity index (χ3n) is 4.50. The monoisotopic (exact) mass is 316 g/mol. The van der Waals surface area contributed by atoms with Crippen LogP contribution in [0.15, 0.2) is 0 Å². The van der Waals surface area contributed by atoms with Crippen LogP contribution >= 0.6 is 7.60 Å². The van der Waals surface area contributed by atoms with Crippen LogP contribution in [0.3, 0.4) is 0 Å². The van der Waals surface area contributed by atoms with Crippen LogP contribution < -0.4 is 0 Å². The minimum Gasteiger partial charge on any atom is -0.372 e. The fraction of sp³-hybridized carbons (Fsp3) is 0.875. The Morgan fingerprint density at radius 2 is 1.95 bits per heavy atom. The minimum absolute atomic E-state index is 0.103.